The van der Waals surface area contributed by atoms with Crippen LogP contribution in [0.2, 0.25) is 0 Å². The molecule has 0 aliphatic rings. The first-order valence-corrected chi connectivity index (χ1v) is 11.6. The maximum atomic E-state index is 13.0. The molecule has 7 nitrogen and oxygen atoms in total. The molecule has 0 aliphatic carbocycles. The Morgan fingerprint density at radius 3 is 2.41 bits per heavy atom. The highest BCUT2D eigenvalue weighted by Crippen LogP contribution is 2.27. The number of hydrogen-bond donors (Lipinski definition) is 1. The number of pyridine rings is 1. The predicted molar refractivity (Wildman–Crippen MR) is 123 cm³/mol. The van der Waals surface area contributed by atoms with Crippen LogP contribution in [-0.2, 0) is 23.0 Å². The van der Waals surface area contributed by atoms with Gasteiger partial charge in [-0.05, 0) is 42.5 Å². The van der Waals surface area contributed by atoms with Crippen LogP contribution in [0.1, 0.15) is 28.6 Å². The predicted octanol–water partition coefficient (Wildman–Crippen LogP) is 4.46. The lowest BCUT2D eigenvalue weighted by molar-refractivity contribution is 0.0785. The van der Waals surface area contributed by atoms with Gasteiger partial charge in [-0.1, -0.05) is 25.1 Å². The van der Waals surface area contributed by atoms with Gasteiger partial charge in [0.05, 0.1) is 10.6 Å². The van der Waals surface area contributed by atoms with E-state index in [-0.39, 0.29) is 10.8 Å². The maximum absolute atomic E-state index is 13.0. The van der Waals surface area contributed by atoms with E-state index in [1.165, 1.54) is 36.7 Å². The first kappa shape index (κ1) is 21.6. The maximum Gasteiger partial charge on any atom is 0.261 e. The second kappa shape index (κ2) is 8.84. The van der Waals surface area contributed by atoms with Crippen LogP contribution in [0.25, 0.3) is 11.0 Å². The van der Waals surface area contributed by atoms with Crippen molar-refractivity contribution in [3.63, 3.8) is 0 Å². The SMILES string of the molecule is CCc1oc2ccccc2c1CN(C)C(=O)c1ccc(S(=O)(=O)Nc2ccncc2)cc1. The van der Waals surface area contributed by atoms with Crippen molar-refractivity contribution >= 4 is 32.6 Å². The Kier molecular flexibility index (Phi) is 5.96. The number of aryl methyl sites for hydroxylation is 1. The number of benzene rings is 2. The minimum Gasteiger partial charge on any atom is -0.461 e. The van der Waals surface area contributed by atoms with Crippen molar-refractivity contribution in [3.8, 4) is 0 Å². The molecule has 4 aromatic rings. The van der Waals surface area contributed by atoms with Gasteiger partial charge >= 0.3 is 0 Å². The van der Waals surface area contributed by atoms with E-state index in [0.29, 0.717) is 17.8 Å². The number of fused-ring (bicyclic) bond motifs is 1. The van der Waals surface area contributed by atoms with E-state index in [1.54, 1.807) is 24.1 Å². The van der Waals surface area contributed by atoms with Crippen molar-refractivity contribution in [1.29, 1.82) is 0 Å². The fourth-order valence-corrected chi connectivity index (χ4v) is 4.61. The van der Waals surface area contributed by atoms with Gasteiger partial charge in [0.25, 0.3) is 15.9 Å². The number of aromatic nitrogens is 1. The summed E-state index contributed by atoms with van der Waals surface area (Å²) < 4.78 is 33.6. The largest absolute Gasteiger partial charge is 0.461 e. The van der Waals surface area contributed by atoms with E-state index in [1.807, 2.05) is 31.2 Å². The minimum absolute atomic E-state index is 0.0719. The van der Waals surface area contributed by atoms with Crippen LogP contribution in [0.4, 0.5) is 5.69 Å². The Balaban J connectivity index is 1.52. The molecule has 1 amide bonds. The third kappa shape index (κ3) is 4.36. The summed E-state index contributed by atoms with van der Waals surface area (Å²) in [5.74, 6) is 0.651. The zero-order chi connectivity index (χ0) is 22.7. The highest BCUT2D eigenvalue weighted by atomic mass is 32.2. The summed E-state index contributed by atoms with van der Waals surface area (Å²) in [6.45, 7) is 2.41. The van der Waals surface area contributed by atoms with E-state index < -0.39 is 10.0 Å². The van der Waals surface area contributed by atoms with Crippen molar-refractivity contribution in [2.75, 3.05) is 11.8 Å². The molecular formula is C24H23N3O4S. The first-order valence-electron chi connectivity index (χ1n) is 10.2. The second-order valence-electron chi connectivity index (χ2n) is 7.38. The molecular weight excluding hydrogens is 426 g/mol. The lowest BCUT2D eigenvalue weighted by atomic mass is 10.1. The summed E-state index contributed by atoms with van der Waals surface area (Å²) in [7, 11) is -2.04. The molecule has 0 saturated heterocycles. The van der Waals surface area contributed by atoms with Gasteiger partial charge in [-0.15, -0.1) is 0 Å². The molecule has 2 aromatic carbocycles. The zero-order valence-electron chi connectivity index (χ0n) is 17.8. The minimum atomic E-state index is -3.77. The van der Waals surface area contributed by atoms with Crippen molar-refractivity contribution in [2.45, 2.75) is 24.8 Å². The number of para-hydroxylation sites is 1. The number of anilines is 1. The molecule has 164 valence electrons. The average Bonchev–Trinajstić information content (AvgIpc) is 3.16. The van der Waals surface area contributed by atoms with Gasteiger partial charge in [0.15, 0.2) is 0 Å². The highest BCUT2D eigenvalue weighted by molar-refractivity contribution is 7.92. The van der Waals surface area contributed by atoms with Gasteiger partial charge in [0, 0.05) is 48.9 Å². The number of carbonyl (C=O) groups is 1. The van der Waals surface area contributed by atoms with Crippen LogP contribution >= 0.6 is 0 Å². The molecule has 0 fully saturated rings. The van der Waals surface area contributed by atoms with E-state index in [9.17, 15) is 13.2 Å². The van der Waals surface area contributed by atoms with E-state index in [2.05, 4.69) is 9.71 Å². The molecule has 0 spiro atoms. The van der Waals surface area contributed by atoms with Gasteiger partial charge in [-0.2, -0.15) is 0 Å². The number of sulfonamides is 1. The van der Waals surface area contributed by atoms with Crippen LogP contribution in [0.3, 0.4) is 0 Å². The normalized spacial score (nSPS) is 11.4. The van der Waals surface area contributed by atoms with Crippen molar-refractivity contribution < 1.29 is 17.6 Å². The summed E-state index contributed by atoms with van der Waals surface area (Å²) in [6, 6.07) is 16.8. The molecule has 32 heavy (non-hydrogen) atoms. The Bertz CT molecular complexity index is 1350. The van der Waals surface area contributed by atoms with Gasteiger partial charge in [-0.25, -0.2) is 8.42 Å². The molecule has 0 atom stereocenters. The summed E-state index contributed by atoms with van der Waals surface area (Å²) in [6.07, 6.45) is 3.73. The van der Waals surface area contributed by atoms with Gasteiger partial charge < -0.3 is 9.32 Å². The van der Waals surface area contributed by atoms with E-state index in [4.69, 9.17) is 4.42 Å². The van der Waals surface area contributed by atoms with Crippen LogP contribution in [-0.4, -0.2) is 31.3 Å². The molecule has 2 aromatic heterocycles. The van der Waals surface area contributed by atoms with Crippen LogP contribution < -0.4 is 4.72 Å². The van der Waals surface area contributed by atoms with Crippen molar-refractivity contribution in [2.24, 2.45) is 0 Å². The second-order valence-corrected chi connectivity index (χ2v) is 9.06. The lowest BCUT2D eigenvalue weighted by Crippen LogP contribution is -2.26. The molecule has 8 heteroatoms. The number of amides is 1. The van der Waals surface area contributed by atoms with E-state index in [0.717, 1.165) is 28.7 Å². The van der Waals surface area contributed by atoms with Crippen LogP contribution in [0.15, 0.2) is 82.4 Å². The van der Waals surface area contributed by atoms with Crippen molar-refractivity contribution in [3.05, 3.63) is 89.9 Å². The number of carbonyl (C=O) groups excluding carboxylic acids is 1. The monoisotopic (exact) mass is 449 g/mol. The Morgan fingerprint density at radius 1 is 1.03 bits per heavy atom. The summed E-state index contributed by atoms with van der Waals surface area (Å²) >= 11 is 0. The third-order valence-corrected chi connectivity index (χ3v) is 6.59. The summed E-state index contributed by atoms with van der Waals surface area (Å²) in [5.41, 5.74) is 2.61. The molecule has 0 aliphatic heterocycles. The van der Waals surface area contributed by atoms with E-state index >= 15 is 0 Å². The molecule has 2 heterocycles. The van der Waals surface area contributed by atoms with Crippen LogP contribution in [0, 0.1) is 0 Å². The zero-order valence-corrected chi connectivity index (χ0v) is 18.6. The number of nitrogens with one attached hydrogen (secondary N) is 1. The molecule has 0 saturated carbocycles. The number of nitrogens with zero attached hydrogens (tertiary/aromatic N) is 2. The quantitative estimate of drug-likeness (QED) is 0.450. The lowest BCUT2D eigenvalue weighted by Gasteiger charge is -2.18. The molecule has 1 N–H and O–H groups in total. The average molecular weight is 450 g/mol. The number of furan rings is 1. The third-order valence-electron chi connectivity index (χ3n) is 5.19. The molecule has 4 rings (SSSR count). The van der Waals surface area contributed by atoms with Crippen LogP contribution in [0.5, 0.6) is 0 Å². The van der Waals surface area contributed by atoms with Crippen molar-refractivity contribution in [1.82, 2.24) is 9.88 Å². The smallest absolute Gasteiger partial charge is 0.261 e. The molecule has 0 radical (unpaired) electrons. The first-order chi connectivity index (χ1) is 15.4. The number of rotatable bonds is 7. The topological polar surface area (TPSA) is 92.5 Å². The highest BCUT2D eigenvalue weighted by Gasteiger charge is 2.20. The fraction of sp³-hybridized carbons (Fsp3) is 0.167. The summed E-state index contributed by atoms with van der Waals surface area (Å²) in [4.78, 5) is 18.5. The Labute approximate surface area is 186 Å². The summed E-state index contributed by atoms with van der Waals surface area (Å²) in [5, 5.41) is 0.993. The standard InChI is InChI=1S/C24H23N3O4S/c1-3-22-21(20-6-4-5-7-23(20)31-22)16-27(2)24(28)17-8-10-19(11-9-17)32(29,30)26-18-12-14-25-15-13-18/h4-15H,3,16H2,1-2H3,(H,25,26). The van der Waals surface area contributed by atoms with Gasteiger partial charge in [-0.3, -0.25) is 14.5 Å². The molecule has 0 bridgehead atoms. The fourth-order valence-electron chi connectivity index (χ4n) is 3.55. The molecule has 0 unspecified atom stereocenters. The van der Waals surface area contributed by atoms with Gasteiger partial charge in [0.1, 0.15) is 11.3 Å². The number of hydrogen-bond acceptors (Lipinski definition) is 5. The Hall–Kier alpha value is -3.65. The van der Waals surface area contributed by atoms with Gasteiger partial charge in [0.2, 0.25) is 0 Å². The Morgan fingerprint density at radius 2 is 1.72 bits per heavy atom.